The molecule has 1 aromatic heterocycles. The number of halogens is 1. The van der Waals surface area contributed by atoms with Gasteiger partial charge in [-0.05, 0) is 44.0 Å². The van der Waals surface area contributed by atoms with Gasteiger partial charge in [0.05, 0.1) is 4.90 Å². The van der Waals surface area contributed by atoms with Gasteiger partial charge in [-0.3, -0.25) is 4.79 Å². The second kappa shape index (κ2) is 7.73. The molecular formula is C18H20ClN3O3S. The second-order valence-electron chi connectivity index (χ2n) is 6.28. The van der Waals surface area contributed by atoms with E-state index < -0.39 is 22.0 Å². The van der Waals surface area contributed by atoms with Crippen LogP contribution in [0.25, 0.3) is 0 Å². The molecule has 8 heteroatoms. The summed E-state index contributed by atoms with van der Waals surface area (Å²) in [5.74, 6) is -0.0871. The molecule has 26 heavy (non-hydrogen) atoms. The van der Waals surface area contributed by atoms with Crippen LogP contribution in [0, 0.1) is 6.92 Å². The van der Waals surface area contributed by atoms with Crippen LogP contribution in [-0.2, 0) is 14.8 Å². The number of amides is 1. The van der Waals surface area contributed by atoms with Gasteiger partial charge in [0.15, 0.2) is 0 Å². The number of carbonyl (C=O) groups is 1. The van der Waals surface area contributed by atoms with Crippen molar-refractivity contribution in [2.24, 2.45) is 0 Å². The Kier molecular flexibility index (Phi) is 5.60. The van der Waals surface area contributed by atoms with Crippen molar-refractivity contribution in [2.45, 2.75) is 37.1 Å². The van der Waals surface area contributed by atoms with Crippen LogP contribution in [0.2, 0.25) is 5.15 Å². The molecule has 1 atom stereocenters. The second-order valence-corrected chi connectivity index (χ2v) is 8.55. The number of benzene rings is 1. The van der Waals surface area contributed by atoms with Crippen molar-refractivity contribution in [1.82, 2.24) is 9.29 Å². The molecule has 6 nitrogen and oxygen atoms in total. The van der Waals surface area contributed by atoms with Gasteiger partial charge in [0, 0.05) is 6.54 Å². The van der Waals surface area contributed by atoms with Crippen molar-refractivity contribution >= 4 is 33.3 Å². The van der Waals surface area contributed by atoms with E-state index in [2.05, 4.69) is 10.3 Å². The summed E-state index contributed by atoms with van der Waals surface area (Å²) in [4.78, 5) is 16.9. The van der Waals surface area contributed by atoms with Crippen LogP contribution in [0.3, 0.4) is 0 Å². The maximum Gasteiger partial charge on any atom is 0.243 e. The Morgan fingerprint density at radius 3 is 2.62 bits per heavy atom. The number of aryl methyl sites for hydroxylation is 1. The molecule has 1 saturated heterocycles. The van der Waals surface area contributed by atoms with E-state index in [9.17, 15) is 13.2 Å². The number of nitrogens with one attached hydrogen (secondary N) is 1. The lowest BCUT2D eigenvalue weighted by atomic mass is 10.0. The largest absolute Gasteiger partial charge is 0.309 e. The lowest BCUT2D eigenvalue weighted by Crippen LogP contribution is -2.49. The summed E-state index contributed by atoms with van der Waals surface area (Å²) in [7, 11) is -3.75. The average molecular weight is 394 g/mol. The highest BCUT2D eigenvalue weighted by molar-refractivity contribution is 7.89. The zero-order chi connectivity index (χ0) is 18.7. The van der Waals surface area contributed by atoms with Crippen molar-refractivity contribution in [1.29, 1.82) is 0 Å². The molecule has 2 heterocycles. The molecule has 0 radical (unpaired) electrons. The topological polar surface area (TPSA) is 79.4 Å². The first-order valence-corrected chi connectivity index (χ1v) is 10.2. The Hall–Kier alpha value is -1.96. The van der Waals surface area contributed by atoms with Crippen LogP contribution >= 0.6 is 11.6 Å². The minimum Gasteiger partial charge on any atom is -0.309 e. The highest BCUT2D eigenvalue weighted by Crippen LogP contribution is 2.26. The summed E-state index contributed by atoms with van der Waals surface area (Å²) >= 11 is 5.84. The van der Waals surface area contributed by atoms with Gasteiger partial charge in [-0.2, -0.15) is 4.31 Å². The van der Waals surface area contributed by atoms with Gasteiger partial charge < -0.3 is 5.32 Å². The zero-order valence-electron chi connectivity index (χ0n) is 14.4. The summed E-state index contributed by atoms with van der Waals surface area (Å²) in [5, 5.41) is 2.93. The molecule has 1 aromatic carbocycles. The molecular weight excluding hydrogens is 374 g/mol. The number of pyridine rings is 1. The Morgan fingerprint density at radius 2 is 1.92 bits per heavy atom. The summed E-state index contributed by atoms with van der Waals surface area (Å²) < 4.78 is 27.4. The maximum absolute atomic E-state index is 13.0. The van der Waals surface area contributed by atoms with E-state index in [0.29, 0.717) is 18.8 Å². The number of piperidine rings is 1. The van der Waals surface area contributed by atoms with Crippen LogP contribution in [0.4, 0.5) is 5.82 Å². The number of carbonyl (C=O) groups excluding carboxylic acids is 1. The fourth-order valence-corrected chi connectivity index (χ4v) is 4.81. The van der Waals surface area contributed by atoms with E-state index in [4.69, 9.17) is 11.6 Å². The number of hydrogen-bond acceptors (Lipinski definition) is 4. The third-order valence-corrected chi connectivity index (χ3v) is 6.48. The van der Waals surface area contributed by atoms with Crippen LogP contribution in [0.15, 0.2) is 47.4 Å². The predicted octanol–water partition coefficient (Wildman–Crippen LogP) is 3.23. The number of rotatable bonds is 4. The third-order valence-electron chi connectivity index (χ3n) is 4.35. The fourth-order valence-electron chi connectivity index (χ4n) is 2.99. The smallest absolute Gasteiger partial charge is 0.243 e. The van der Waals surface area contributed by atoms with E-state index in [-0.39, 0.29) is 10.0 Å². The van der Waals surface area contributed by atoms with Gasteiger partial charge in [0.1, 0.15) is 17.0 Å². The van der Waals surface area contributed by atoms with E-state index in [1.54, 1.807) is 42.5 Å². The van der Waals surface area contributed by atoms with Crippen LogP contribution in [0.1, 0.15) is 24.8 Å². The van der Waals surface area contributed by atoms with Crippen molar-refractivity contribution in [3.63, 3.8) is 0 Å². The summed E-state index contributed by atoms with van der Waals surface area (Å²) in [6, 6.07) is 10.8. The predicted molar refractivity (Wildman–Crippen MR) is 101 cm³/mol. The Balaban J connectivity index is 1.85. The van der Waals surface area contributed by atoms with Gasteiger partial charge in [0.25, 0.3) is 0 Å². The molecule has 0 spiro atoms. The molecule has 138 valence electrons. The van der Waals surface area contributed by atoms with Crippen LogP contribution in [-0.4, -0.2) is 36.2 Å². The minimum absolute atomic E-state index is 0.198. The minimum atomic E-state index is -3.75. The first-order valence-electron chi connectivity index (χ1n) is 8.40. The molecule has 3 rings (SSSR count). The number of aromatic nitrogens is 1. The lowest BCUT2D eigenvalue weighted by molar-refractivity contribution is -0.120. The van der Waals surface area contributed by atoms with Gasteiger partial charge in [0.2, 0.25) is 15.9 Å². The van der Waals surface area contributed by atoms with Crippen LogP contribution in [0.5, 0.6) is 0 Å². The lowest BCUT2D eigenvalue weighted by Gasteiger charge is -2.33. The van der Waals surface area contributed by atoms with E-state index in [1.165, 1.54) is 4.31 Å². The summed E-state index contributed by atoms with van der Waals surface area (Å²) in [6.07, 6.45) is 1.99. The average Bonchev–Trinajstić information content (AvgIpc) is 2.62. The Labute approximate surface area is 158 Å². The van der Waals surface area contributed by atoms with E-state index in [0.717, 1.165) is 18.4 Å². The van der Waals surface area contributed by atoms with E-state index in [1.807, 2.05) is 6.92 Å². The molecule has 2 aromatic rings. The molecule has 1 N–H and O–H groups in total. The van der Waals surface area contributed by atoms with Crippen molar-refractivity contribution in [2.75, 3.05) is 11.9 Å². The van der Waals surface area contributed by atoms with Crippen molar-refractivity contribution < 1.29 is 13.2 Å². The molecule has 0 saturated carbocycles. The van der Waals surface area contributed by atoms with Gasteiger partial charge in [-0.1, -0.05) is 41.8 Å². The van der Waals surface area contributed by atoms with Crippen LogP contribution < -0.4 is 5.32 Å². The summed E-state index contributed by atoms with van der Waals surface area (Å²) in [5.41, 5.74) is 0.976. The standard InChI is InChI=1S/C18H20ClN3O3S/c1-13-8-10-14(11-9-13)26(24,25)22-12-3-2-5-15(22)18(23)21-17-7-4-6-16(19)20-17/h4,6-11,15H,2-3,5,12H2,1H3,(H,20,21,23)/t15-/m1/s1. The molecule has 0 bridgehead atoms. The van der Waals surface area contributed by atoms with Gasteiger partial charge in [-0.15, -0.1) is 0 Å². The summed E-state index contributed by atoms with van der Waals surface area (Å²) in [6.45, 7) is 2.21. The zero-order valence-corrected chi connectivity index (χ0v) is 15.9. The number of hydrogen-bond donors (Lipinski definition) is 1. The molecule has 1 fully saturated rings. The highest BCUT2D eigenvalue weighted by Gasteiger charge is 2.37. The molecule has 0 unspecified atom stereocenters. The Bertz CT molecular complexity index is 900. The molecule has 1 amide bonds. The maximum atomic E-state index is 13.0. The van der Waals surface area contributed by atoms with Crippen molar-refractivity contribution in [3.8, 4) is 0 Å². The van der Waals surface area contributed by atoms with Gasteiger partial charge >= 0.3 is 0 Å². The molecule has 1 aliphatic heterocycles. The number of sulfonamides is 1. The fraction of sp³-hybridized carbons (Fsp3) is 0.333. The number of anilines is 1. The first-order chi connectivity index (χ1) is 12.4. The SMILES string of the molecule is Cc1ccc(S(=O)(=O)N2CCCC[C@@H]2C(=O)Nc2cccc(Cl)n2)cc1. The quantitative estimate of drug-likeness (QED) is 0.809. The van der Waals surface area contributed by atoms with Gasteiger partial charge in [-0.25, -0.2) is 13.4 Å². The highest BCUT2D eigenvalue weighted by atomic mass is 35.5. The molecule has 1 aliphatic rings. The Morgan fingerprint density at radius 1 is 1.19 bits per heavy atom. The monoisotopic (exact) mass is 393 g/mol. The van der Waals surface area contributed by atoms with Crippen molar-refractivity contribution in [3.05, 3.63) is 53.2 Å². The first kappa shape index (κ1) is 18.8. The van der Waals surface area contributed by atoms with E-state index >= 15 is 0 Å². The molecule has 0 aliphatic carbocycles. The third kappa shape index (κ3) is 4.06. The normalized spacial score (nSPS) is 18.5. The number of nitrogens with zero attached hydrogens (tertiary/aromatic N) is 2.